The number of nitrogens with zero attached hydrogens (tertiary/aromatic N) is 1. The molecule has 1 aromatic rings. The Kier molecular flexibility index (Phi) is 2.95. The molecule has 0 aliphatic carbocycles. The second kappa shape index (κ2) is 4.57. The van der Waals surface area contributed by atoms with E-state index in [2.05, 4.69) is 15.6 Å². The topological polar surface area (TPSA) is 70.6 Å². The molecule has 0 saturated heterocycles. The fraction of sp³-hybridized carbons (Fsp3) is 0.182. The van der Waals surface area contributed by atoms with Gasteiger partial charge in [-0.15, -0.1) is 0 Å². The van der Waals surface area contributed by atoms with E-state index in [-0.39, 0.29) is 18.2 Å². The standard InChI is InChI=1S/C11H11N3O2/c15-10(6-9-11(16)13-7-12-9)14-8-4-2-1-3-5-8/h1-5,7,9H,6H2,(H,14,15)(H,12,13,16). The average molecular weight is 217 g/mol. The molecule has 5 heteroatoms. The van der Waals surface area contributed by atoms with Gasteiger partial charge in [0.15, 0.2) is 0 Å². The van der Waals surface area contributed by atoms with Gasteiger partial charge >= 0.3 is 0 Å². The Bertz CT molecular complexity index is 428. The van der Waals surface area contributed by atoms with Gasteiger partial charge in [-0.3, -0.25) is 14.6 Å². The lowest BCUT2D eigenvalue weighted by Crippen LogP contribution is -2.28. The van der Waals surface area contributed by atoms with Gasteiger partial charge in [0.25, 0.3) is 0 Å². The van der Waals surface area contributed by atoms with Crippen molar-refractivity contribution in [1.82, 2.24) is 5.32 Å². The van der Waals surface area contributed by atoms with E-state index < -0.39 is 6.04 Å². The SMILES string of the molecule is O=C(CC1N=CNC1=O)Nc1ccccc1. The van der Waals surface area contributed by atoms with E-state index in [0.29, 0.717) is 0 Å². The van der Waals surface area contributed by atoms with Gasteiger partial charge in [0.1, 0.15) is 6.04 Å². The summed E-state index contributed by atoms with van der Waals surface area (Å²) in [5, 5.41) is 5.12. The summed E-state index contributed by atoms with van der Waals surface area (Å²) in [5.41, 5.74) is 0.717. The molecule has 82 valence electrons. The maximum absolute atomic E-state index is 11.5. The average Bonchev–Trinajstić information content (AvgIpc) is 2.66. The smallest absolute Gasteiger partial charge is 0.250 e. The first kappa shape index (κ1) is 10.4. The molecule has 2 N–H and O–H groups in total. The number of amides is 2. The second-order valence-corrected chi connectivity index (χ2v) is 3.42. The van der Waals surface area contributed by atoms with Crippen molar-refractivity contribution in [3.05, 3.63) is 30.3 Å². The normalized spacial score (nSPS) is 18.2. The van der Waals surface area contributed by atoms with Crippen LogP contribution in [0.3, 0.4) is 0 Å². The highest BCUT2D eigenvalue weighted by atomic mass is 16.2. The highest BCUT2D eigenvalue weighted by Gasteiger charge is 2.23. The van der Waals surface area contributed by atoms with Crippen LogP contribution >= 0.6 is 0 Å². The van der Waals surface area contributed by atoms with Crippen LogP contribution in [0.2, 0.25) is 0 Å². The van der Waals surface area contributed by atoms with Crippen molar-refractivity contribution in [2.45, 2.75) is 12.5 Å². The van der Waals surface area contributed by atoms with E-state index >= 15 is 0 Å². The van der Waals surface area contributed by atoms with Gasteiger partial charge in [-0.05, 0) is 12.1 Å². The minimum Gasteiger partial charge on any atom is -0.326 e. The summed E-state index contributed by atoms with van der Waals surface area (Å²) in [7, 11) is 0. The van der Waals surface area contributed by atoms with Gasteiger partial charge in [-0.2, -0.15) is 0 Å². The third-order valence-corrected chi connectivity index (χ3v) is 2.20. The van der Waals surface area contributed by atoms with E-state index in [4.69, 9.17) is 0 Å². The molecule has 2 amide bonds. The number of nitrogens with one attached hydrogen (secondary N) is 2. The Morgan fingerprint density at radius 3 is 2.75 bits per heavy atom. The van der Waals surface area contributed by atoms with Crippen LogP contribution in [-0.4, -0.2) is 24.2 Å². The number of hydrogen-bond acceptors (Lipinski definition) is 3. The molecule has 5 nitrogen and oxygen atoms in total. The monoisotopic (exact) mass is 217 g/mol. The van der Waals surface area contributed by atoms with E-state index in [1.807, 2.05) is 18.2 Å². The van der Waals surface area contributed by atoms with Crippen LogP contribution in [0, 0.1) is 0 Å². The van der Waals surface area contributed by atoms with Crippen LogP contribution in [0.15, 0.2) is 35.3 Å². The molecule has 1 unspecified atom stereocenters. The van der Waals surface area contributed by atoms with Gasteiger partial charge in [0.2, 0.25) is 11.8 Å². The molecule has 0 spiro atoms. The van der Waals surface area contributed by atoms with Crippen molar-refractivity contribution in [2.24, 2.45) is 4.99 Å². The molecule has 1 heterocycles. The van der Waals surface area contributed by atoms with Gasteiger partial charge in [-0.1, -0.05) is 18.2 Å². The lowest BCUT2D eigenvalue weighted by atomic mass is 10.2. The molecule has 1 aliphatic rings. The maximum atomic E-state index is 11.5. The number of anilines is 1. The molecule has 0 radical (unpaired) electrons. The van der Waals surface area contributed by atoms with Crippen LogP contribution in [-0.2, 0) is 9.59 Å². The fourth-order valence-corrected chi connectivity index (χ4v) is 1.41. The summed E-state index contributed by atoms with van der Waals surface area (Å²) >= 11 is 0. The highest BCUT2D eigenvalue weighted by molar-refractivity contribution is 6.01. The molecule has 0 bridgehead atoms. The van der Waals surface area contributed by atoms with Crippen LogP contribution in [0.25, 0.3) is 0 Å². The fourth-order valence-electron chi connectivity index (χ4n) is 1.41. The lowest BCUT2D eigenvalue weighted by molar-refractivity contribution is -0.123. The molecule has 16 heavy (non-hydrogen) atoms. The Morgan fingerprint density at radius 1 is 1.38 bits per heavy atom. The number of carbonyl (C=O) groups excluding carboxylic acids is 2. The number of rotatable bonds is 3. The number of aliphatic imine (C=N–C) groups is 1. The number of benzene rings is 1. The molecule has 0 aromatic heterocycles. The summed E-state index contributed by atoms with van der Waals surface area (Å²) in [5.74, 6) is -0.450. The van der Waals surface area contributed by atoms with Crippen LogP contribution < -0.4 is 10.6 Å². The Balaban J connectivity index is 1.90. The number of carbonyl (C=O) groups is 2. The minimum absolute atomic E-state index is 0.0667. The van der Waals surface area contributed by atoms with Crippen LogP contribution in [0.1, 0.15) is 6.42 Å². The largest absolute Gasteiger partial charge is 0.326 e. The molecular formula is C11H11N3O2. The van der Waals surface area contributed by atoms with Crippen LogP contribution in [0.4, 0.5) is 5.69 Å². The summed E-state index contributed by atoms with van der Waals surface area (Å²) in [4.78, 5) is 26.5. The maximum Gasteiger partial charge on any atom is 0.250 e. The highest BCUT2D eigenvalue weighted by Crippen LogP contribution is 2.08. The zero-order valence-electron chi connectivity index (χ0n) is 8.51. The van der Waals surface area contributed by atoms with Gasteiger partial charge < -0.3 is 10.6 Å². The van der Waals surface area contributed by atoms with Crippen molar-refractivity contribution in [1.29, 1.82) is 0 Å². The Labute approximate surface area is 92.6 Å². The molecular weight excluding hydrogens is 206 g/mol. The molecule has 0 fully saturated rings. The third-order valence-electron chi connectivity index (χ3n) is 2.20. The second-order valence-electron chi connectivity index (χ2n) is 3.42. The molecule has 1 atom stereocenters. The molecule has 1 aliphatic heterocycles. The summed E-state index contributed by atoms with van der Waals surface area (Å²) < 4.78 is 0. The summed E-state index contributed by atoms with van der Waals surface area (Å²) in [6, 6.07) is 8.51. The van der Waals surface area contributed by atoms with Crippen molar-refractivity contribution >= 4 is 23.8 Å². The first-order valence-electron chi connectivity index (χ1n) is 4.92. The molecule has 0 saturated carbocycles. The van der Waals surface area contributed by atoms with Crippen molar-refractivity contribution in [3.8, 4) is 0 Å². The predicted molar refractivity (Wildman–Crippen MR) is 60.1 cm³/mol. The number of hydrogen-bond donors (Lipinski definition) is 2. The van der Waals surface area contributed by atoms with E-state index in [9.17, 15) is 9.59 Å². The van der Waals surface area contributed by atoms with Crippen LogP contribution in [0.5, 0.6) is 0 Å². The minimum atomic E-state index is -0.594. The quantitative estimate of drug-likeness (QED) is 0.775. The van der Waals surface area contributed by atoms with Gasteiger partial charge in [0, 0.05) is 5.69 Å². The molecule has 1 aromatic carbocycles. The van der Waals surface area contributed by atoms with Gasteiger partial charge in [-0.25, -0.2) is 0 Å². The first-order chi connectivity index (χ1) is 7.75. The zero-order chi connectivity index (χ0) is 11.4. The van der Waals surface area contributed by atoms with Gasteiger partial charge in [0.05, 0.1) is 12.8 Å². The number of para-hydroxylation sites is 1. The van der Waals surface area contributed by atoms with Crippen molar-refractivity contribution in [3.63, 3.8) is 0 Å². The first-order valence-corrected chi connectivity index (χ1v) is 4.92. The third kappa shape index (κ3) is 2.44. The zero-order valence-corrected chi connectivity index (χ0v) is 8.51. The Hall–Kier alpha value is -2.17. The Morgan fingerprint density at radius 2 is 2.12 bits per heavy atom. The molecule has 2 rings (SSSR count). The van der Waals surface area contributed by atoms with E-state index in [1.165, 1.54) is 6.34 Å². The summed E-state index contributed by atoms with van der Waals surface area (Å²) in [6.45, 7) is 0. The van der Waals surface area contributed by atoms with Crippen molar-refractivity contribution < 1.29 is 9.59 Å². The van der Waals surface area contributed by atoms with E-state index in [1.54, 1.807) is 12.1 Å². The van der Waals surface area contributed by atoms with E-state index in [0.717, 1.165) is 5.69 Å². The lowest BCUT2D eigenvalue weighted by Gasteiger charge is -2.06. The van der Waals surface area contributed by atoms with Crippen molar-refractivity contribution in [2.75, 3.05) is 5.32 Å². The predicted octanol–water partition coefficient (Wildman–Crippen LogP) is 0.542. The summed E-state index contributed by atoms with van der Waals surface area (Å²) in [6.07, 6.45) is 1.39.